The molecule has 0 aliphatic carbocycles. The summed E-state index contributed by atoms with van der Waals surface area (Å²) < 4.78 is 16.1. The zero-order valence-corrected chi connectivity index (χ0v) is 20.4. The maximum Gasteiger partial charge on any atom is 0.407 e. The van der Waals surface area contributed by atoms with Crippen molar-refractivity contribution in [3.8, 4) is 11.5 Å². The second kappa shape index (κ2) is 15.0. The number of nitrogens with one attached hydrogen (secondary N) is 3. The quantitative estimate of drug-likeness (QED) is 0.189. The van der Waals surface area contributed by atoms with Gasteiger partial charge in [0.05, 0.1) is 13.7 Å². The molecule has 0 bridgehead atoms. The topological polar surface area (TPSA) is 93.2 Å². The first kappa shape index (κ1) is 27.1. The highest BCUT2D eigenvalue weighted by molar-refractivity contribution is 14.0. The molecule has 0 fully saturated rings. The van der Waals surface area contributed by atoms with Gasteiger partial charge in [0.2, 0.25) is 0 Å². The lowest BCUT2D eigenvalue weighted by molar-refractivity contribution is 0.0527. The maximum atomic E-state index is 11.5. The molecule has 0 aromatic heterocycles. The van der Waals surface area contributed by atoms with Crippen molar-refractivity contribution in [1.82, 2.24) is 16.0 Å². The van der Waals surface area contributed by atoms with Crippen LogP contribution in [0.1, 0.15) is 33.6 Å². The molecule has 0 aliphatic rings. The van der Waals surface area contributed by atoms with Gasteiger partial charge in [-0.3, -0.25) is 4.99 Å². The number of methoxy groups -OCH3 is 1. The smallest absolute Gasteiger partial charge is 0.407 e. The Morgan fingerprint density at radius 3 is 2.28 bits per heavy atom. The first-order valence-corrected chi connectivity index (χ1v) is 9.52. The Morgan fingerprint density at radius 2 is 1.66 bits per heavy atom. The number of alkyl carbamates (subject to hydrolysis) is 1. The van der Waals surface area contributed by atoms with E-state index in [0.717, 1.165) is 36.8 Å². The number of aliphatic imine (C=N–C) groups is 1. The van der Waals surface area contributed by atoms with E-state index < -0.39 is 11.7 Å². The van der Waals surface area contributed by atoms with Gasteiger partial charge in [-0.05, 0) is 45.7 Å². The standard InChI is InChI=1S/C20H34N4O4.HI/c1-20(2,3)28-19(25)24-12-7-11-22-18(21-4)23-13-8-14-27-17-10-6-9-16(15-17)26-5;/h6,9-10,15H,7-8,11-14H2,1-5H3,(H,24,25)(H2,21,22,23);1H. The van der Waals surface area contributed by atoms with Crippen LogP contribution in [-0.2, 0) is 4.74 Å². The average Bonchev–Trinajstić information content (AvgIpc) is 2.64. The van der Waals surface area contributed by atoms with E-state index in [1.807, 2.05) is 45.0 Å². The van der Waals surface area contributed by atoms with Gasteiger partial charge < -0.3 is 30.2 Å². The molecule has 1 aromatic rings. The Hall–Kier alpha value is -1.91. The largest absolute Gasteiger partial charge is 0.497 e. The fraction of sp³-hybridized carbons (Fsp3) is 0.600. The van der Waals surface area contributed by atoms with Gasteiger partial charge in [-0.15, -0.1) is 24.0 Å². The Labute approximate surface area is 191 Å². The Bertz CT molecular complexity index is 621. The molecule has 0 saturated heterocycles. The summed E-state index contributed by atoms with van der Waals surface area (Å²) in [4.78, 5) is 15.7. The van der Waals surface area contributed by atoms with Crippen molar-refractivity contribution in [2.75, 3.05) is 40.4 Å². The fourth-order valence-electron chi connectivity index (χ4n) is 2.18. The van der Waals surface area contributed by atoms with E-state index in [0.29, 0.717) is 19.7 Å². The summed E-state index contributed by atoms with van der Waals surface area (Å²) in [5.74, 6) is 2.29. The maximum absolute atomic E-state index is 11.5. The Balaban J connectivity index is 0.00000784. The number of carbonyl (C=O) groups excluding carboxylic acids is 1. The molecule has 1 rings (SSSR count). The lowest BCUT2D eigenvalue weighted by Gasteiger charge is -2.19. The molecule has 0 spiro atoms. The third-order valence-electron chi connectivity index (χ3n) is 3.46. The van der Waals surface area contributed by atoms with E-state index in [4.69, 9.17) is 14.2 Å². The molecule has 0 atom stereocenters. The third-order valence-corrected chi connectivity index (χ3v) is 3.46. The number of hydrogen-bond acceptors (Lipinski definition) is 5. The van der Waals surface area contributed by atoms with E-state index in [-0.39, 0.29) is 24.0 Å². The zero-order valence-electron chi connectivity index (χ0n) is 18.0. The van der Waals surface area contributed by atoms with E-state index in [1.165, 1.54) is 0 Å². The highest BCUT2D eigenvalue weighted by Gasteiger charge is 2.15. The van der Waals surface area contributed by atoms with E-state index in [2.05, 4.69) is 20.9 Å². The van der Waals surface area contributed by atoms with Gasteiger partial charge in [-0.2, -0.15) is 0 Å². The van der Waals surface area contributed by atoms with E-state index >= 15 is 0 Å². The first-order chi connectivity index (χ1) is 13.3. The van der Waals surface area contributed by atoms with Crippen molar-refractivity contribution in [3.63, 3.8) is 0 Å². The van der Waals surface area contributed by atoms with Crippen LogP contribution < -0.4 is 25.4 Å². The second-order valence-electron chi connectivity index (χ2n) is 7.09. The lowest BCUT2D eigenvalue weighted by Crippen LogP contribution is -2.39. The van der Waals surface area contributed by atoms with Crippen LogP contribution in [0.5, 0.6) is 11.5 Å². The number of guanidine groups is 1. The minimum absolute atomic E-state index is 0. The molecule has 166 valence electrons. The molecule has 0 saturated carbocycles. The van der Waals surface area contributed by atoms with Crippen LogP contribution in [0.4, 0.5) is 4.79 Å². The van der Waals surface area contributed by atoms with Gasteiger partial charge >= 0.3 is 6.09 Å². The molecule has 8 nitrogen and oxygen atoms in total. The summed E-state index contributed by atoms with van der Waals surface area (Å²) in [7, 11) is 3.36. The molecule has 0 radical (unpaired) electrons. The van der Waals surface area contributed by atoms with Crippen molar-refractivity contribution < 1.29 is 19.0 Å². The van der Waals surface area contributed by atoms with E-state index in [9.17, 15) is 4.79 Å². The Kier molecular flexibility index (Phi) is 14.0. The lowest BCUT2D eigenvalue weighted by atomic mass is 10.2. The number of amides is 1. The molecule has 3 N–H and O–H groups in total. The summed E-state index contributed by atoms with van der Waals surface area (Å²) in [5.41, 5.74) is -0.482. The van der Waals surface area contributed by atoms with Crippen LogP contribution >= 0.6 is 24.0 Å². The van der Waals surface area contributed by atoms with Gasteiger partial charge in [-0.1, -0.05) is 6.07 Å². The first-order valence-electron chi connectivity index (χ1n) is 9.52. The number of nitrogens with zero attached hydrogens (tertiary/aromatic N) is 1. The van der Waals surface area contributed by atoms with Gasteiger partial charge in [0.25, 0.3) is 0 Å². The summed E-state index contributed by atoms with van der Waals surface area (Å²) in [6.07, 6.45) is 1.20. The number of halogens is 1. The SMILES string of the molecule is CN=C(NCCCNC(=O)OC(C)(C)C)NCCCOc1cccc(OC)c1.I. The molecular weight excluding hydrogens is 487 g/mol. The predicted octanol–water partition coefficient (Wildman–Crippen LogP) is 3.16. The molecule has 0 aliphatic heterocycles. The van der Waals surface area contributed by atoms with Crippen molar-refractivity contribution >= 4 is 36.0 Å². The number of benzene rings is 1. The van der Waals surface area contributed by atoms with Crippen molar-refractivity contribution in [2.45, 2.75) is 39.2 Å². The van der Waals surface area contributed by atoms with Crippen LogP contribution in [0, 0.1) is 0 Å². The van der Waals surface area contributed by atoms with Crippen molar-refractivity contribution in [2.24, 2.45) is 4.99 Å². The van der Waals surface area contributed by atoms with Crippen molar-refractivity contribution in [1.29, 1.82) is 0 Å². The number of hydrogen-bond donors (Lipinski definition) is 3. The van der Waals surface area contributed by atoms with Gasteiger partial charge in [0.1, 0.15) is 17.1 Å². The minimum atomic E-state index is -0.482. The van der Waals surface area contributed by atoms with Crippen LogP contribution in [0.25, 0.3) is 0 Å². The average molecular weight is 522 g/mol. The van der Waals surface area contributed by atoms with E-state index in [1.54, 1.807) is 14.2 Å². The van der Waals surface area contributed by atoms with Crippen LogP contribution in [0.15, 0.2) is 29.3 Å². The summed E-state index contributed by atoms with van der Waals surface area (Å²) in [6, 6.07) is 7.55. The Morgan fingerprint density at radius 1 is 1.03 bits per heavy atom. The van der Waals surface area contributed by atoms with Crippen molar-refractivity contribution in [3.05, 3.63) is 24.3 Å². The summed E-state index contributed by atoms with van der Waals surface area (Å²) in [5, 5.41) is 9.16. The van der Waals surface area contributed by atoms with Gasteiger partial charge in [0.15, 0.2) is 5.96 Å². The molecule has 0 unspecified atom stereocenters. The molecule has 9 heteroatoms. The highest BCUT2D eigenvalue weighted by Crippen LogP contribution is 2.18. The normalized spacial score (nSPS) is 11.1. The number of carbonyl (C=O) groups is 1. The number of rotatable bonds is 10. The molecule has 1 amide bonds. The molecule has 29 heavy (non-hydrogen) atoms. The van der Waals surface area contributed by atoms with Crippen LogP contribution in [0.3, 0.4) is 0 Å². The monoisotopic (exact) mass is 522 g/mol. The molecular formula is C20H35IN4O4. The van der Waals surface area contributed by atoms with Gasteiger partial charge in [0, 0.05) is 32.7 Å². The fourth-order valence-corrected chi connectivity index (χ4v) is 2.18. The highest BCUT2D eigenvalue weighted by atomic mass is 127. The molecule has 1 aromatic carbocycles. The summed E-state index contributed by atoms with van der Waals surface area (Å²) in [6.45, 7) is 8.07. The summed E-state index contributed by atoms with van der Waals surface area (Å²) >= 11 is 0. The van der Waals surface area contributed by atoms with Gasteiger partial charge in [-0.25, -0.2) is 4.79 Å². The van der Waals surface area contributed by atoms with Crippen LogP contribution in [0.2, 0.25) is 0 Å². The molecule has 0 heterocycles. The minimum Gasteiger partial charge on any atom is -0.497 e. The van der Waals surface area contributed by atoms with Crippen LogP contribution in [-0.4, -0.2) is 58.1 Å². The second-order valence-corrected chi connectivity index (χ2v) is 7.09. The zero-order chi connectivity index (χ0) is 20.8. The predicted molar refractivity (Wildman–Crippen MR) is 127 cm³/mol. The third kappa shape index (κ3) is 13.8. The number of ether oxygens (including phenoxy) is 3.